The molecule has 0 bridgehead atoms. The fraction of sp³-hybridized carbons (Fsp3) is 0.409. The van der Waals surface area contributed by atoms with Gasteiger partial charge in [-0.1, -0.05) is 24.3 Å². The van der Waals surface area contributed by atoms with Crippen molar-refractivity contribution in [1.29, 1.82) is 0 Å². The van der Waals surface area contributed by atoms with Gasteiger partial charge in [0.25, 0.3) is 0 Å². The quantitative estimate of drug-likeness (QED) is 0.470. The molecule has 0 aliphatic rings. The molecule has 0 atom stereocenters. The Kier molecular flexibility index (Phi) is 9.11. The lowest BCUT2D eigenvalue weighted by Crippen LogP contribution is -2.52. The molecule has 0 spiro atoms. The molecule has 0 saturated carbocycles. The van der Waals surface area contributed by atoms with E-state index in [-0.39, 0.29) is 6.42 Å². The third kappa shape index (κ3) is 6.33. The van der Waals surface area contributed by atoms with Gasteiger partial charge in [0.1, 0.15) is 11.6 Å². The first-order valence-electron chi connectivity index (χ1n) is 10.3. The van der Waals surface area contributed by atoms with Crippen LogP contribution in [0.15, 0.2) is 48.5 Å². The minimum Gasteiger partial charge on any atom is -0.374 e. The van der Waals surface area contributed by atoms with Gasteiger partial charge in [0.15, 0.2) is 0 Å². The Bertz CT molecular complexity index is 772. The van der Waals surface area contributed by atoms with Crippen molar-refractivity contribution in [2.45, 2.75) is 38.8 Å². The fourth-order valence-electron chi connectivity index (χ4n) is 3.68. The van der Waals surface area contributed by atoms with Crippen LogP contribution < -0.4 is 11.1 Å². The van der Waals surface area contributed by atoms with E-state index in [1.807, 2.05) is 20.8 Å². The highest BCUT2D eigenvalue weighted by Crippen LogP contribution is 2.37. The molecular formula is C22H30F2N2O4Si. The summed E-state index contributed by atoms with van der Waals surface area (Å²) in [5.74, 6) is -0.838. The van der Waals surface area contributed by atoms with Crippen LogP contribution in [0.3, 0.4) is 0 Å². The zero-order valence-corrected chi connectivity index (χ0v) is 19.1. The minimum atomic E-state index is -3.08. The normalized spacial score (nSPS) is 12.0. The lowest BCUT2D eigenvalue weighted by Gasteiger charge is -2.38. The number of primary amides is 1. The zero-order valence-electron chi connectivity index (χ0n) is 18.1. The van der Waals surface area contributed by atoms with Crippen LogP contribution in [0.2, 0.25) is 6.04 Å². The standard InChI is InChI=1S/C22H30F2N2O4Si/c1-4-28-31(29-5-2,30-6-3)16-15-22(26-21(25)27,17-7-11-19(23)12-8-17)18-9-13-20(24)14-10-18/h7-14H,4-6,15-16H2,1-3H3,(H3,25,26,27). The van der Waals surface area contributed by atoms with E-state index in [2.05, 4.69) is 5.32 Å². The van der Waals surface area contributed by atoms with Crippen molar-refractivity contribution < 1.29 is 26.9 Å². The third-order valence-corrected chi connectivity index (χ3v) is 7.96. The van der Waals surface area contributed by atoms with Crippen LogP contribution in [-0.4, -0.2) is 34.7 Å². The van der Waals surface area contributed by atoms with E-state index in [4.69, 9.17) is 19.0 Å². The Morgan fingerprint density at radius 1 is 0.871 bits per heavy atom. The van der Waals surface area contributed by atoms with Crippen LogP contribution in [0.5, 0.6) is 0 Å². The molecule has 31 heavy (non-hydrogen) atoms. The average Bonchev–Trinajstić information content (AvgIpc) is 2.73. The van der Waals surface area contributed by atoms with Crippen LogP contribution in [0, 0.1) is 11.6 Å². The number of carbonyl (C=O) groups is 1. The Labute approximate surface area is 183 Å². The van der Waals surface area contributed by atoms with E-state index in [0.29, 0.717) is 37.0 Å². The summed E-state index contributed by atoms with van der Waals surface area (Å²) >= 11 is 0. The number of amides is 2. The van der Waals surface area contributed by atoms with Crippen molar-refractivity contribution in [3.8, 4) is 0 Å². The zero-order chi connectivity index (χ0) is 22.9. The molecule has 9 heteroatoms. The monoisotopic (exact) mass is 452 g/mol. The van der Waals surface area contributed by atoms with Crippen molar-refractivity contribution in [2.75, 3.05) is 19.8 Å². The summed E-state index contributed by atoms with van der Waals surface area (Å²) in [6.45, 7) is 6.76. The Morgan fingerprint density at radius 2 is 1.26 bits per heavy atom. The maximum atomic E-state index is 13.7. The molecule has 2 aromatic rings. The number of hydrogen-bond acceptors (Lipinski definition) is 4. The van der Waals surface area contributed by atoms with Gasteiger partial charge >= 0.3 is 14.8 Å². The Balaban J connectivity index is 2.59. The SMILES string of the molecule is CCO[Si](CCC(NC(N)=O)(c1ccc(F)cc1)c1ccc(F)cc1)(OCC)OCC. The first-order chi connectivity index (χ1) is 14.8. The molecule has 170 valence electrons. The molecule has 0 aliphatic carbocycles. The van der Waals surface area contributed by atoms with E-state index in [0.717, 1.165) is 0 Å². The average molecular weight is 453 g/mol. The second-order valence-corrected chi connectivity index (χ2v) is 9.62. The number of nitrogens with two attached hydrogens (primary N) is 1. The molecule has 0 aromatic heterocycles. The maximum absolute atomic E-state index is 13.7. The van der Waals surface area contributed by atoms with Crippen molar-refractivity contribution in [2.24, 2.45) is 5.73 Å². The molecule has 6 nitrogen and oxygen atoms in total. The highest BCUT2D eigenvalue weighted by Gasteiger charge is 2.45. The van der Waals surface area contributed by atoms with Gasteiger partial charge in [-0.15, -0.1) is 0 Å². The van der Waals surface area contributed by atoms with Crippen molar-refractivity contribution in [3.05, 3.63) is 71.3 Å². The highest BCUT2D eigenvalue weighted by atomic mass is 28.4. The second kappa shape index (κ2) is 11.3. The van der Waals surface area contributed by atoms with Gasteiger partial charge < -0.3 is 24.3 Å². The van der Waals surface area contributed by atoms with Crippen molar-refractivity contribution >= 4 is 14.8 Å². The summed E-state index contributed by atoms with van der Waals surface area (Å²) in [5, 5.41) is 2.81. The molecule has 2 amide bonds. The van der Waals surface area contributed by atoms with Crippen molar-refractivity contribution in [1.82, 2.24) is 5.32 Å². The van der Waals surface area contributed by atoms with E-state index >= 15 is 0 Å². The smallest absolute Gasteiger partial charge is 0.374 e. The van der Waals surface area contributed by atoms with Gasteiger partial charge in [-0.2, -0.15) is 0 Å². The number of hydrogen-bond donors (Lipinski definition) is 2. The summed E-state index contributed by atoms with van der Waals surface area (Å²) in [4.78, 5) is 12.1. The van der Waals surface area contributed by atoms with Gasteiger partial charge in [-0.3, -0.25) is 0 Å². The number of carbonyl (C=O) groups excluding carboxylic acids is 1. The number of nitrogens with one attached hydrogen (secondary N) is 1. The summed E-state index contributed by atoms with van der Waals surface area (Å²) in [7, 11) is -3.08. The molecule has 0 radical (unpaired) electrons. The minimum absolute atomic E-state index is 0.277. The summed E-state index contributed by atoms with van der Waals surface area (Å²) in [6.07, 6.45) is 0.277. The van der Waals surface area contributed by atoms with E-state index < -0.39 is 32.0 Å². The Morgan fingerprint density at radius 3 is 1.58 bits per heavy atom. The van der Waals surface area contributed by atoms with Gasteiger partial charge in [-0.25, -0.2) is 13.6 Å². The molecule has 0 saturated heterocycles. The van der Waals surface area contributed by atoms with Gasteiger partial charge in [0.2, 0.25) is 0 Å². The van der Waals surface area contributed by atoms with E-state index in [1.54, 1.807) is 24.3 Å². The number of benzene rings is 2. The third-order valence-electron chi connectivity index (χ3n) is 4.91. The molecule has 0 heterocycles. The molecule has 0 fully saturated rings. The summed E-state index contributed by atoms with van der Waals surface area (Å²) in [6, 6.07) is 11.0. The lowest BCUT2D eigenvalue weighted by molar-refractivity contribution is 0.0689. The fourth-order valence-corrected chi connectivity index (χ4v) is 6.37. The van der Waals surface area contributed by atoms with E-state index in [9.17, 15) is 13.6 Å². The largest absolute Gasteiger partial charge is 0.501 e. The summed E-state index contributed by atoms with van der Waals surface area (Å²) in [5.41, 5.74) is 5.56. The highest BCUT2D eigenvalue weighted by molar-refractivity contribution is 6.60. The molecule has 3 N–H and O–H groups in total. The predicted octanol–water partition coefficient (Wildman–Crippen LogP) is 4.32. The van der Waals surface area contributed by atoms with E-state index in [1.165, 1.54) is 24.3 Å². The molecule has 2 aromatic carbocycles. The Hall–Kier alpha value is -2.33. The van der Waals surface area contributed by atoms with Gasteiger partial charge in [0.05, 0.1) is 5.54 Å². The lowest BCUT2D eigenvalue weighted by atomic mass is 9.80. The van der Waals surface area contributed by atoms with Gasteiger partial charge in [-0.05, 0) is 62.6 Å². The molecular weight excluding hydrogens is 422 g/mol. The van der Waals surface area contributed by atoms with Crippen LogP contribution in [0.1, 0.15) is 38.3 Å². The predicted molar refractivity (Wildman–Crippen MR) is 116 cm³/mol. The molecule has 0 unspecified atom stereocenters. The molecule has 0 aliphatic heterocycles. The molecule has 2 rings (SSSR count). The topological polar surface area (TPSA) is 82.8 Å². The van der Waals surface area contributed by atoms with Crippen LogP contribution >= 0.6 is 0 Å². The van der Waals surface area contributed by atoms with Crippen LogP contribution in [0.4, 0.5) is 13.6 Å². The summed E-state index contributed by atoms with van der Waals surface area (Å²) < 4.78 is 45.2. The first kappa shape index (κ1) is 24.9. The first-order valence-corrected chi connectivity index (χ1v) is 12.3. The number of rotatable bonds is 12. The number of halogens is 2. The maximum Gasteiger partial charge on any atom is 0.501 e. The van der Waals surface area contributed by atoms with Crippen LogP contribution in [-0.2, 0) is 18.8 Å². The van der Waals surface area contributed by atoms with Gasteiger partial charge in [0, 0.05) is 25.9 Å². The van der Waals surface area contributed by atoms with Crippen LogP contribution in [0.25, 0.3) is 0 Å². The number of urea groups is 1. The van der Waals surface area contributed by atoms with Crippen molar-refractivity contribution in [3.63, 3.8) is 0 Å². The second-order valence-electron chi connectivity index (χ2n) is 6.89.